The standard InChI is InChI=1S/C14H24N2O3S.ClH/c1-13(2)10-8-16(9-11(10)13)12(17)14(20(3,18)19)4-6-15-7-5-14;/h10-11,15H,4-9H2,1-3H3;1H. The second kappa shape index (κ2) is 5.10. The highest BCUT2D eigenvalue weighted by atomic mass is 35.5. The highest BCUT2D eigenvalue weighted by Gasteiger charge is 2.64. The van der Waals surface area contributed by atoms with Crippen molar-refractivity contribution in [2.75, 3.05) is 32.4 Å². The molecule has 3 rings (SSSR count). The van der Waals surface area contributed by atoms with Gasteiger partial charge < -0.3 is 10.2 Å². The molecule has 21 heavy (non-hydrogen) atoms. The van der Waals surface area contributed by atoms with E-state index in [0.29, 0.717) is 43.2 Å². The summed E-state index contributed by atoms with van der Waals surface area (Å²) in [5, 5.41) is 3.15. The maximum atomic E-state index is 12.9. The minimum atomic E-state index is -3.39. The first-order valence-corrected chi connectivity index (χ1v) is 9.29. The Hall–Kier alpha value is -0.330. The summed E-state index contributed by atoms with van der Waals surface area (Å²) in [6, 6.07) is 0. The number of carbonyl (C=O) groups is 1. The topological polar surface area (TPSA) is 66.5 Å². The van der Waals surface area contributed by atoms with Crippen LogP contribution in [0.15, 0.2) is 0 Å². The minimum Gasteiger partial charge on any atom is -0.341 e. The molecule has 2 saturated heterocycles. The van der Waals surface area contributed by atoms with Crippen LogP contribution in [-0.4, -0.2) is 56.4 Å². The number of hydrogen-bond donors (Lipinski definition) is 1. The maximum Gasteiger partial charge on any atom is 0.244 e. The van der Waals surface area contributed by atoms with Crippen LogP contribution >= 0.6 is 12.4 Å². The highest BCUT2D eigenvalue weighted by molar-refractivity contribution is 7.92. The number of sulfone groups is 1. The zero-order chi connectivity index (χ0) is 14.8. The SMILES string of the molecule is CC1(C)C2CN(C(=O)C3(S(C)(=O)=O)CCNCC3)CC21.Cl. The van der Waals surface area contributed by atoms with Gasteiger partial charge in [0.05, 0.1) is 0 Å². The molecular formula is C14H25ClN2O3S. The summed E-state index contributed by atoms with van der Waals surface area (Å²) in [4.78, 5) is 14.7. The molecule has 2 aliphatic heterocycles. The van der Waals surface area contributed by atoms with Crippen LogP contribution in [0, 0.1) is 17.3 Å². The van der Waals surface area contributed by atoms with Crippen LogP contribution in [0.5, 0.6) is 0 Å². The van der Waals surface area contributed by atoms with Gasteiger partial charge >= 0.3 is 0 Å². The summed E-state index contributed by atoms with van der Waals surface area (Å²) >= 11 is 0. The normalized spacial score (nSPS) is 33.0. The van der Waals surface area contributed by atoms with Crippen molar-refractivity contribution in [1.82, 2.24) is 10.2 Å². The smallest absolute Gasteiger partial charge is 0.244 e. The van der Waals surface area contributed by atoms with Gasteiger partial charge in [-0.25, -0.2) is 8.42 Å². The molecule has 0 aromatic carbocycles. The molecule has 0 aromatic rings. The quantitative estimate of drug-likeness (QED) is 0.805. The fourth-order valence-corrected chi connectivity index (χ4v) is 5.55. The predicted octanol–water partition coefficient (Wildman–Crippen LogP) is 0.689. The number of fused-ring (bicyclic) bond motifs is 1. The van der Waals surface area contributed by atoms with Gasteiger partial charge in [-0.2, -0.15) is 0 Å². The zero-order valence-electron chi connectivity index (χ0n) is 12.9. The number of amides is 1. The summed E-state index contributed by atoms with van der Waals surface area (Å²) in [5.41, 5.74) is 0.336. The van der Waals surface area contributed by atoms with Crippen LogP contribution in [0.25, 0.3) is 0 Å². The van der Waals surface area contributed by atoms with Crippen molar-refractivity contribution >= 4 is 28.2 Å². The van der Waals surface area contributed by atoms with Crippen LogP contribution in [0.4, 0.5) is 0 Å². The molecule has 5 nitrogen and oxygen atoms in total. The summed E-state index contributed by atoms with van der Waals surface area (Å²) in [6.45, 7) is 7.15. The summed E-state index contributed by atoms with van der Waals surface area (Å²) in [7, 11) is -3.39. The third-order valence-corrected chi connectivity index (χ3v) is 7.92. The van der Waals surface area contributed by atoms with E-state index < -0.39 is 14.6 Å². The number of likely N-dealkylation sites (tertiary alicyclic amines) is 1. The van der Waals surface area contributed by atoms with E-state index in [2.05, 4.69) is 19.2 Å². The van der Waals surface area contributed by atoms with Gasteiger partial charge in [0, 0.05) is 19.3 Å². The van der Waals surface area contributed by atoms with Crippen LogP contribution in [0.3, 0.4) is 0 Å². The van der Waals surface area contributed by atoms with E-state index in [9.17, 15) is 13.2 Å². The molecule has 122 valence electrons. The number of halogens is 1. The van der Waals surface area contributed by atoms with Gasteiger partial charge in [0.1, 0.15) is 0 Å². The molecule has 1 N–H and O–H groups in total. The Bertz CT molecular complexity index is 526. The largest absolute Gasteiger partial charge is 0.341 e. The lowest BCUT2D eigenvalue weighted by atomic mass is 9.94. The van der Waals surface area contributed by atoms with Gasteiger partial charge in [-0.3, -0.25) is 4.79 Å². The lowest BCUT2D eigenvalue weighted by Crippen LogP contribution is -2.58. The van der Waals surface area contributed by atoms with Gasteiger partial charge in [-0.1, -0.05) is 13.8 Å². The molecule has 2 atom stereocenters. The van der Waals surface area contributed by atoms with Crippen LogP contribution in [-0.2, 0) is 14.6 Å². The molecular weight excluding hydrogens is 312 g/mol. The Balaban J connectivity index is 0.00000161. The first-order valence-electron chi connectivity index (χ1n) is 7.40. The molecule has 1 aliphatic carbocycles. The molecule has 0 aromatic heterocycles. The van der Waals surface area contributed by atoms with E-state index in [4.69, 9.17) is 0 Å². The molecule has 2 heterocycles. The van der Waals surface area contributed by atoms with Crippen molar-refractivity contribution in [3.8, 4) is 0 Å². The van der Waals surface area contributed by atoms with Crippen LogP contribution < -0.4 is 5.32 Å². The van der Waals surface area contributed by atoms with Crippen LogP contribution in [0.1, 0.15) is 26.7 Å². The van der Waals surface area contributed by atoms with Crippen molar-refractivity contribution in [3.63, 3.8) is 0 Å². The Morgan fingerprint density at radius 3 is 2.05 bits per heavy atom. The van der Waals surface area contributed by atoms with E-state index in [1.807, 2.05) is 4.90 Å². The first-order chi connectivity index (χ1) is 9.20. The second-order valence-corrected chi connectivity index (χ2v) is 9.59. The molecule has 3 fully saturated rings. The number of carbonyl (C=O) groups excluding carboxylic acids is 1. The third-order valence-electron chi connectivity index (χ3n) is 5.92. The molecule has 1 saturated carbocycles. The van der Waals surface area contributed by atoms with Gasteiger partial charge in [0.25, 0.3) is 0 Å². The van der Waals surface area contributed by atoms with Crippen molar-refractivity contribution in [1.29, 1.82) is 0 Å². The number of nitrogens with one attached hydrogen (secondary N) is 1. The summed E-state index contributed by atoms with van der Waals surface area (Å²) in [6.07, 6.45) is 2.02. The summed E-state index contributed by atoms with van der Waals surface area (Å²) in [5.74, 6) is 0.971. The van der Waals surface area contributed by atoms with Gasteiger partial charge in [0.2, 0.25) is 5.91 Å². The Morgan fingerprint density at radius 1 is 1.14 bits per heavy atom. The molecule has 3 aliphatic rings. The van der Waals surface area contributed by atoms with Crippen molar-refractivity contribution in [2.24, 2.45) is 17.3 Å². The van der Waals surface area contributed by atoms with E-state index in [1.165, 1.54) is 6.26 Å². The average molecular weight is 337 g/mol. The molecule has 7 heteroatoms. The van der Waals surface area contributed by atoms with Gasteiger partial charge in [-0.15, -0.1) is 12.4 Å². The fraction of sp³-hybridized carbons (Fsp3) is 0.929. The first kappa shape index (κ1) is 17.0. The Labute approximate surface area is 133 Å². The molecule has 2 unspecified atom stereocenters. The lowest BCUT2D eigenvalue weighted by molar-refractivity contribution is -0.134. The van der Waals surface area contributed by atoms with E-state index in [-0.39, 0.29) is 18.3 Å². The molecule has 0 radical (unpaired) electrons. The fourth-order valence-electron chi connectivity index (χ4n) is 4.16. The zero-order valence-corrected chi connectivity index (χ0v) is 14.5. The van der Waals surface area contributed by atoms with E-state index in [1.54, 1.807) is 0 Å². The van der Waals surface area contributed by atoms with Gasteiger partial charge in [0.15, 0.2) is 14.6 Å². The molecule has 1 amide bonds. The number of rotatable bonds is 2. The van der Waals surface area contributed by atoms with E-state index in [0.717, 1.165) is 13.1 Å². The number of piperidine rings is 2. The van der Waals surface area contributed by atoms with Crippen molar-refractivity contribution in [3.05, 3.63) is 0 Å². The second-order valence-electron chi connectivity index (χ2n) is 7.26. The monoisotopic (exact) mass is 336 g/mol. The Kier molecular flexibility index (Phi) is 4.14. The maximum absolute atomic E-state index is 12.9. The van der Waals surface area contributed by atoms with Crippen molar-refractivity contribution in [2.45, 2.75) is 31.4 Å². The highest BCUT2D eigenvalue weighted by Crippen LogP contribution is 2.62. The van der Waals surface area contributed by atoms with Crippen molar-refractivity contribution < 1.29 is 13.2 Å². The van der Waals surface area contributed by atoms with Gasteiger partial charge in [-0.05, 0) is 43.2 Å². The number of nitrogens with zero attached hydrogens (tertiary/aromatic N) is 1. The molecule has 0 bridgehead atoms. The lowest BCUT2D eigenvalue weighted by Gasteiger charge is -2.38. The molecule has 0 spiro atoms. The van der Waals surface area contributed by atoms with E-state index >= 15 is 0 Å². The number of hydrogen-bond acceptors (Lipinski definition) is 4. The van der Waals surface area contributed by atoms with Crippen LogP contribution in [0.2, 0.25) is 0 Å². The minimum absolute atomic E-state index is 0. The average Bonchev–Trinajstić information content (AvgIpc) is 2.79. The predicted molar refractivity (Wildman–Crippen MR) is 84.3 cm³/mol. The Morgan fingerprint density at radius 2 is 1.62 bits per heavy atom. The summed E-state index contributed by atoms with van der Waals surface area (Å²) < 4.78 is 23.3. The third kappa shape index (κ3) is 2.39.